The third-order valence-electron chi connectivity index (χ3n) is 3.66. The first kappa shape index (κ1) is 18.1. The van der Waals surface area contributed by atoms with Crippen molar-refractivity contribution < 1.29 is 4.74 Å². The molecular formula is C20H16BrCl2NO. The van der Waals surface area contributed by atoms with E-state index in [2.05, 4.69) is 21.2 Å². The average molecular weight is 437 g/mol. The van der Waals surface area contributed by atoms with Crippen molar-refractivity contribution in [2.75, 3.05) is 5.32 Å². The summed E-state index contributed by atoms with van der Waals surface area (Å²) in [4.78, 5) is 0. The SMILES string of the molecule is Clc1ccc(COc2ccc(Cl)cc2CNc2ccc(Br)cc2)cc1. The van der Waals surface area contributed by atoms with Gasteiger partial charge in [-0.25, -0.2) is 0 Å². The second kappa shape index (κ2) is 8.61. The smallest absolute Gasteiger partial charge is 0.124 e. The van der Waals surface area contributed by atoms with Gasteiger partial charge in [0.25, 0.3) is 0 Å². The van der Waals surface area contributed by atoms with Crippen molar-refractivity contribution in [3.8, 4) is 5.75 Å². The Labute approximate surface area is 165 Å². The Morgan fingerprint density at radius 3 is 2.24 bits per heavy atom. The van der Waals surface area contributed by atoms with Gasteiger partial charge in [-0.15, -0.1) is 0 Å². The van der Waals surface area contributed by atoms with Crippen molar-refractivity contribution in [3.05, 3.63) is 92.4 Å². The molecule has 0 atom stereocenters. The number of hydrogen-bond acceptors (Lipinski definition) is 2. The van der Waals surface area contributed by atoms with Gasteiger partial charge in [0.05, 0.1) is 0 Å². The Hall–Kier alpha value is -1.68. The quantitative estimate of drug-likeness (QED) is 0.451. The van der Waals surface area contributed by atoms with Gasteiger partial charge in [-0.1, -0.05) is 51.3 Å². The van der Waals surface area contributed by atoms with E-state index < -0.39 is 0 Å². The first-order valence-corrected chi connectivity index (χ1v) is 9.30. The number of benzene rings is 3. The van der Waals surface area contributed by atoms with Crippen molar-refractivity contribution in [2.45, 2.75) is 13.2 Å². The zero-order valence-electron chi connectivity index (χ0n) is 13.3. The normalized spacial score (nSPS) is 10.5. The molecule has 0 fully saturated rings. The van der Waals surface area contributed by atoms with Gasteiger partial charge in [0.1, 0.15) is 12.4 Å². The minimum Gasteiger partial charge on any atom is -0.489 e. The maximum Gasteiger partial charge on any atom is 0.124 e. The second-order valence-corrected chi connectivity index (χ2v) is 7.32. The molecule has 25 heavy (non-hydrogen) atoms. The minimum absolute atomic E-state index is 0.476. The molecule has 0 saturated heterocycles. The monoisotopic (exact) mass is 435 g/mol. The Balaban J connectivity index is 1.69. The molecule has 0 aliphatic carbocycles. The highest BCUT2D eigenvalue weighted by Crippen LogP contribution is 2.25. The predicted molar refractivity (Wildman–Crippen MR) is 109 cm³/mol. The summed E-state index contributed by atoms with van der Waals surface area (Å²) in [6.07, 6.45) is 0. The maximum absolute atomic E-state index is 6.15. The lowest BCUT2D eigenvalue weighted by atomic mass is 10.2. The van der Waals surface area contributed by atoms with E-state index in [1.165, 1.54) is 0 Å². The summed E-state index contributed by atoms with van der Waals surface area (Å²) in [7, 11) is 0. The molecule has 3 aromatic rings. The standard InChI is InChI=1S/C20H16BrCl2NO/c21-16-3-8-19(9-4-16)24-12-15-11-18(23)7-10-20(15)25-13-14-1-5-17(22)6-2-14/h1-11,24H,12-13H2. The molecule has 0 bridgehead atoms. The fraction of sp³-hybridized carbons (Fsp3) is 0.100. The van der Waals surface area contributed by atoms with E-state index in [0.717, 1.165) is 32.1 Å². The molecular weight excluding hydrogens is 421 g/mol. The Bertz CT molecular complexity index is 835. The molecule has 1 N–H and O–H groups in total. The number of halogens is 3. The zero-order chi connectivity index (χ0) is 17.6. The largest absolute Gasteiger partial charge is 0.489 e. The Kier molecular flexibility index (Phi) is 6.24. The fourth-order valence-corrected chi connectivity index (χ4v) is 2.92. The van der Waals surface area contributed by atoms with Gasteiger partial charge in [0, 0.05) is 32.3 Å². The molecule has 0 aromatic heterocycles. The lowest BCUT2D eigenvalue weighted by molar-refractivity contribution is 0.303. The van der Waals surface area contributed by atoms with Crippen molar-refractivity contribution in [1.29, 1.82) is 0 Å². The summed E-state index contributed by atoms with van der Waals surface area (Å²) < 4.78 is 7.03. The van der Waals surface area contributed by atoms with Crippen LogP contribution in [0.1, 0.15) is 11.1 Å². The van der Waals surface area contributed by atoms with Gasteiger partial charge in [-0.3, -0.25) is 0 Å². The summed E-state index contributed by atoms with van der Waals surface area (Å²) in [6.45, 7) is 1.10. The third kappa shape index (κ3) is 5.40. The van der Waals surface area contributed by atoms with E-state index in [0.29, 0.717) is 18.2 Å². The number of nitrogens with one attached hydrogen (secondary N) is 1. The van der Waals surface area contributed by atoms with E-state index in [1.807, 2.05) is 66.7 Å². The first-order chi connectivity index (χ1) is 12.1. The summed E-state index contributed by atoms with van der Waals surface area (Å²) >= 11 is 15.5. The molecule has 3 aromatic carbocycles. The van der Waals surface area contributed by atoms with Crippen molar-refractivity contribution in [2.24, 2.45) is 0 Å². The maximum atomic E-state index is 6.15. The van der Waals surface area contributed by atoms with Crippen LogP contribution in [0.3, 0.4) is 0 Å². The Morgan fingerprint density at radius 2 is 1.52 bits per heavy atom. The summed E-state index contributed by atoms with van der Waals surface area (Å²) in [5.41, 5.74) is 3.10. The van der Waals surface area contributed by atoms with Gasteiger partial charge in [0.2, 0.25) is 0 Å². The van der Waals surface area contributed by atoms with Crippen molar-refractivity contribution >= 4 is 44.8 Å². The molecule has 0 radical (unpaired) electrons. The molecule has 0 saturated carbocycles. The van der Waals surface area contributed by atoms with Crippen LogP contribution in [-0.4, -0.2) is 0 Å². The molecule has 0 spiro atoms. The van der Waals surface area contributed by atoms with E-state index in [4.69, 9.17) is 27.9 Å². The topological polar surface area (TPSA) is 21.3 Å². The first-order valence-electron chi connectivity index (χ1n) is 7.75. The number of anilines is 1. The van der Waals surface area contributed by atoms with Crippen LogP contribution >= 0.6 is 39.1 Å². The van der Waals surface area contributed by atoms with Gasteiger partial charge < -0.3 is 10.1 Å². The summed E-state index contributed by atoms with van der Waals surface area (Å²) in [6, 6.07) is 21.3. The van der Waals surface area contributed by atoms with Crippen LogP contribution in [-0.2, 0) is 13.2 Å². The van der Waals surface area contributed by atoms with E-state index in [-0.39, 0.29) is 0 Å². The van der Waals surface area contributed by atoms with Crippen molar-refractivity contribution in [3.63, 3.8) is 0 Å². The molecule has 0 aliphatic rings. The molecule has 3 rings (SSSR count). The Morgan fingerprint density at radius 1 is 0.840 bits per heavy atom. The van der Waals surface area contributed by atoms with Crippen LogP contribution in [0.15, 0.2) is 71.2 Å². The summed E-state index contributed by atoms with van der Waals surface area (Å²) in [5, 5.41) is 4.79. The van der Waals surface area contributed by atoms with Crippen LogP contribution in [0.2, 0.25) is 10.0 Å². The lowest BCUT2D eigenvalue weighted by Crippen LogP contribution is -2.04. The predicted octanol–water partition coefficient (Wildman–Crippen LogP) is 6.95. The molecule has 5 heteroatoms. The van der Waals surface area contributed by atoms with E-state index in [9.17, 15) is 0 Å². The third-order valence-corrected chi connectivity index (χ3v) is 4.67. The van der Waals surface area contributed by atoms with Crippen LogP contribution in [0.25, 0.3) is 0 Å². The lowest BCUT2D eigenvalue weighted by Gasteiger charge is -2.14. The fourth-order valence-electron chi connectivity index (χ4n) is 2.33. The summed E-state index contributed by atoms with van der Waals surface area (Å²) in [5.74, 6) is 0.809. The van der Waals surface area contributed by atoms with Gasteiger partial charge in [0.15, 0.2) is 0 Å². The highest BCUT2D eigenvalue weighted by Gasteiger charge is 2.06. The van der Waals surface area contributed by atoms with E-state index in [1.54, 1.807) is 0 Å². The number of hydrogen-bond donors (Lipinski definition) is 1. The number of ether oxygens (including phenoxy) is 1. The molecule has 0 amide bonds. The van der Waals surface area contributed by atoms with Crippen LogP contribution in [0.5, 0.6) is 5.75 Å². The average Bonchev–Trinajstić information content (AvgIpc) is 2.62. The van der Waals surface area contributed by atoms with Crippen LogP contribution in [0.4, 0.5) is 5.69 Å². The molecule has 0 unspecified atom stereocenters. The van der Waals surface area contributed by atoms with Crippen molar-refractivity contribution in [1.82, 2.24) is 0 Å². The second-order valence-electron chi connectivity index (χ2n) is 5.53. The van der Waals surface area contributed by atoms with Gasteiger partial charge in [-0.05, 0) is 60.2 Å². The molecule has 0 heterocycles. The molecule has 128 valence electrons. The minimum atomic E-state index is 0.476. The molecule has 2 nitrogen and oxygen atoms in total. The highest BCUT2D eigenvalue weighted by molar-refractivity contribution is 9.10. The molecule has 0 aliphatic heterocycles. The highest BCUT2D eigenvalue weighted by atomic mass is 79.9. The van der Waals surface area contributed by atoms with Crippen LogP contribution < -0.4 is 10.1 Å². The van der Waals surface area contributed by atoms with Gasteiger partial charge in [-0.2, -0.15) is 0 Å². The van der Waals surface area contributed by atoms with E-state index >= 15 is 0 Å². The zero-order valence-corrected chi connectivity index (χ0v) is 16.4. The number of rotatable bonds is 6. The van der Waals surface area contributed by atoms with Crippen LogP contribution in [0, 0.1) is 0 Å². The van der Waals surface area contributed by atoms with Gasteiger partial charge >= 0.3 is 0 Å².